The molecule has 0 spiro atoms. The van der Waals surface area contributed by atoms with E-state index in [1.54, 1.807) is 4.90 Å². The van der Waals surface area contributed by atoms with E-state index in [2.05, 4.69) is 9.72 Å². The molecule has 0 radical (unpaired) electrons. The molecule has 110 valence electrons. The summed E-state index contributed by atoms with van der Waals surface area (Å²) in [6, 6.07) is 0.843. The summed E-state index contributed by atoms with van der Waals surface area (Å²) < 4.78 is 42.2. The number of esters is 1. The quantitative estimate of drug-likeness (QED) is 0.788. The molecular formula is C12H12ClF3N2O2. The van der Waals surface area contributed by atoms with Gasteiger partial charge in [-0.3, -0.25) is 4.79 Å². The minimum absolute atomic E-state index is 0.0784. The van der Waals surface area contributed by atoms with E-state index in [-0.39, 0.29) is 22.7 Å². The Morgan fingerprint density at radius 3 is 2.80 bits per heavy atom. The van der Waals surface area contributed by atoms with Crippen LogP contribution in [0.2, 0.25) is 5.02 Å². The van der Waals surface area contributed by atoms with Crippen molar-refractivity contribution in [1.29, 1.82) is 0 Å². The molecule has 0 saturated carbocycles. The lowest BCUT2D eigenvalue weighted by atomic mass is 10.1. The van der Waals surface area contributed by atoms with Gasteiger partial charge in [0.15, 0.2) is 0 Å². The van der Waals surface area contributed by atoms with E-state index in [0.29, 0.717) is 19.5 Å². The fraction of sp³-hybridized carbons (Fsp3) is 0.500. The number of ether oxygens (including phenoxy) is 1. The van der Waals surface area contributed by atoms with Crippen molar-refractivity contribution in [2.45, 2.75) is 12.6 Å². The minimum Gasteiger partial charge on any atom is -0.469 e. The average Bonchev–Trinajstić information content (AvgIpc) is 2.86. The van der Waals surface area contributed by atoms with Crippen LogP contribution in [0.1, 0.15) is 12.0 Å². The van der Waals surface area contributed by atoms with E-state index in [1.165, 1.54) is 7.11 Å². The molecule has 1 aromatic heterocycles. The lowest BCUT2D eigenvalue weighted by molar-refractivity contribution is -0.144. The highest BCUT2D eigenvalue weighted by Gasteiger charge is 2.34. The molecule has 1 saturated heterocycles. The molecule has 0 bridgehead atoms. The third kappa shape index (κ3) is 2.98. The molecule has 1 aromatic rings. The number of aromatic nitrogens is 1. The maximum atomic E-state index is 12.5. The Hall–Kier alpha value is -1.50. The van der Waals surface area contributed by atoms with E-state index in [4.69, 9.17) is 11.6 Å². The Labute approximate surface area is 118 Å². The van der Waals surface area contributed by atoms with Gasteiger partial charge in [0, 0.05) is 19.3 Å². The van der Waals surface area contributed by atoms with Crippen molar-refractivity contribution in [1.82, 2.24) is 4.98 Å². The summed E-state index contributed by atoms with van der Waals surface area (Å²) in [6.45, 7) is 0.836. The number of hydrogen-bond donors (Lipinski definition) is 0. The predicted molar refractivity (Wildman–Crippen MR) is 66.6 cm³/mol. The first-order valence-corrected chi connectivity index (χ1v) is 6.26. The van der Waals surface area contributed by atoms with E-state index in [0.717, 1.165) is 12.3 Å². The maximum Gasteiger partial charge on any atom is 0.417 e. The molecule has 1 atom stereocenters. The van der Waals surface area contributed by atoms with Crippen molar-refractivity contribution < 1.29 is 22.7 Å². The minimum atomic E-state index is -4.48. The number of hydrogen-bond acceptors (Lipinski definition) is 4. The molecule has 1 fully saturated rings. The van der Waals surface area contributed by atoms with Gasteiger partial charge in [-0.15, -0.1) is 0 Å². The van der Waals surface area contributed by atoms with Crippen LogP contribution in [0.4, 0.5) is 19.0 Å². The Balaban J connectivity index is 2.17. The zero-order chi connectivity index (χ0) is 14.9. The normalized spacial score (nSPS) is 19.2. The number of halogens is 4. The predicted octanol–water partition coefficient (Wildman–Crippen LogP) is 2.75. The summed E-state index contributed by atoms with van der Waals surface area (Å²) in [7, 11) is 1.30. The first-order valence-electron chi connectivity index (χ1n) is 5.88. The number of alkyl halides is 3. The van der Waals surface area contributed by atoms with Gasteiger partial charge in [0.25, 0.3) is 0 Å². The maximum absolute atomic E-state index is 12.5. The molecule has 20 heavy (non-hydrogen) atoms. The monoisotopic (exact) mass is 308 g/mol. The number of carbonyl (C=O) groups excluding carboxylic acids is 1. The first-order chi connectivity index (χ1) is 9.32. The molecule has 0 aliphatic carbocycles. The number of rotatable bonds is 2. The number of carbonyl (C=O) groups is 1. The van der Waals surface area contributed by atoms with Gasteiger partial charge in [-0.05, 0) is 12.5 Å². The fourth-order valence-corrected chi connectivity index (χ4v) is 2.42. The number of methoxy groups -OCH3 is 1. The van der Waals surface area contributed by atoms with Gasteiger partial charge in [0.2, 0.25) is 0 Å². The number of anilines is 1. The highest BCUT2D eigenvalue weighted by Crippen LogP contribution is 2.35. The largest absolute Gasteiger partial charge is 0.469 e. The van der Waals surface area contributed by atoms with Crippen LogP contribution < -0.4 is 4.90 Å². The SMILES string of the molecule is COC(=O)C1CCN(c2ncc(C(F)(F)F)cc2Cl)C1. The third-order valence-corrected chi connectivity index (χ3v) is 3.45. The van der Waals surface area contributed by atoms with Gasteiger partial charge >= 0.3 is 12.1 Å². The second kappa shape index (κ2) is 5.47. The zero-order valence-electron chi connectivity index (χ0n) is 10.6. The molecular weight excluding hydrogens is 297 g/mol. The summed E-state index contributed by atoms with van der Waals surface area (Å²) >= 11 is 5.86. The molecule has 0 aromatic carbocycles. The van der Waals surface area contributed by atoms with Gasteiger partial charge in [-0.25, -0.2) is 4.98 Å². The van der Waals surface area contributed by atoms with Crippen molar-refractivity contribution in [2.24, 2.45) is 5.92 Å². The summed E-state index contributed by atoms with van der Waals surface area (Å²) in [5.74, 6) is -0.387. The lowest BCUT2D eigenvalue weighted by Gasteiger charge is -2.19. The number of nitrogens with zero attached hydrogens (tertiary/aromatic N) is 2. The molecule has 0 N–H and O–H groups in total. The van der Waals surface area contributed by atoms with Crippen LogP contribution in [0, 0.1) is 5.92 Å². The smallest absolute Gasteiger partial charge is 0.417 e. The summed E-state index contributed by atoms with van der Waals surface area (Å²) in [5.41, 5.74) is -0.894. The van der Waals surface area contributed by atoms with Crippen LogP contribution in [-0.4, -0.2) is 31.2 Å². The Morgan fingerprint density at radius 1 is 1.55 bits per heavy atom. The average molecular weight is 309 g/mol. The summed E-state index contributed by atoms with van der Waals surface area (Å²) in [6.07, 6.45) is -3.17. The highest BCUT2D eigenvalue weighted by atomic mass is 35.5. The van der Waals surface area contributed by atoms with Gasteiger partial charge in [0.1, 0.15) is 5.82 Å². The van der Waals surface area contributed by atoms with Crippen LogP contribution in [0.15, 0.2) is 12.3 Å². The van der Waals surface area contributed by atoms with Gasteiger partial charge in [-0.2, -0.15) is 13.2 Å². The standard InChI is InChI=1S/C12H12ClF3N2O2/c1-20-11(19)7-2-3-18(6-7)10-9(13)4-8(5-17-10)12(14,15)16/h4-5,7H,2-3,6H2,1H3. The molecule has 1 aliphatic rings. The van der Waals surface area contributed by atoms with Crippen molar-refractivity contribution in [2.75, 3.05) is 25.1 Å². The topological polar surface area (TPSA) is 42.4 Å². The van der Waals surface area contributed by atoms with Gasteiger partial charge < -0.3 is 9.64 Å². The molecule has 1 aliphatic heterocycles. The first kappa shape index (κ1) is 14.9. The second-order valence-electron chi connectivity index (χ2n) is 4.48. The fourth-order valence-electron chi connectivity index (χ4n) is 2.13. The van der Waals surface area contributed by atoms with E-state index in [9.17, 15) is 18.0 Å². The van der Waals surface area contributed by atoms with Gasteiger partial charge in [0.05, 0.1) is 23.6 Å². The van der Waals surface area contributed by atoms with Crippen molar-refractivity contribution in [3.05, 3.63) is 22.8 Å². The van der Waals surface area contributed by atoms with Crippen LogP contribution >= 0.6 is 11.6 Å². The Kier molecular flexibility index (Phi) is 4.08. The van der Waals surface area contributed by atoms with Crippen LogP contribution in [0.3, 0.4) is 0 Å². The van der Waals surface area contributed by atoms with Crippen LogP contribution in [0.25, 0.3) is 0 Å². The van der Waals surface area contributed by atoms with Crippen molar-refractivity contribution in [3.8, 4) is 0 Å². The lowest BCUT2D eigenvalue weighted by Crippen LogP contribution is -2.24. The van der Waals surface area contributed by atoms with E-state index < -0.39 is 11.7 Å². The van der Waals surface area contributed by atoms with Crippen molar-refractivity contribution >= 4 is 23.4 Å². The molecule has 2 heterocycles. The zero-order valence-corrected chi connectivity index (χ0v) is 11.3. The molecule has 4 nitrogen and oxygen atoms in total. The molecule has 2 rings (SSSR count). The Bertz CT molecular complexity index is 522. The Morgan fingerprint density at radius 2 is 2.25 bits per heavy atom. The summed E-state index contributed by atoms with van der Waals surface area (Å²) in [5, 5.41) is -0.0784. The highest BCUT2D eigenvalue weighted by molar-refractivity contribution is 6.33. The summed E-state index contributed by atoms with van der Waals surface area (Å²) in [4.78, 5) is 16.9. The van der Waals surface area contributed by atoms with Crippen LogP contribution in [-0.2, 0) is 15.7 Å². The van der Waals surface area contributed by atoms with Crippen molar-refractivity contribution in [3.63, 3.8) is 0 Å². The van der Waals surface area contributed by atoms with Gasteiger partial charge in [-0.1, -0.05) is 11.6 Å². The third-order valence-electron chi connectivity index (χ3n) is 3.17. The molecule has 8 heteroatoms. The second-order valence-corrected chi connectivity index (χ2v) is 4.89. The van der Waals surface area contributed by atoms with E-state index in [1.807, 2.05) is 0 Å². The van der Waals surface area contributed by atoms with Crippen LogP contribution in [0.5, 0.6) is 0 Å². The number of pyridine rings is 1. The molecule has 0 amide bonds. The molecule has 1 unspecified atom stereocenters. The van der Waals surface area contributed by atoms with E-state index >= 15 is 0 Å².